The lowest BCUT2D eigenvalue weighted by molar-refractivity contribution is -0.139. The number of halogens is 1. The Kier molecular flexibility index (Phi) is 6.28. The SMILES string of the molecule is CCCN1C(=O)C(=O)/C(=C(\O)c2ccc(Cl)cc2)C1c1cccc(OC(C)C)c1. The van der Waals surface area contributed by atoms with Gasteiger partial charge in [-0.1, -0.05) is 30.7 Å². The van der Waals surface area contributed by atoms with Crippen molar-refractivity contribution in [3.8, 4) is 5.75 Å². The molecule has 0 aliphatic carbocycles. The number of likely N-dealkylation sites (tertiary alicyclic amines) is 1. The summed E-state index contributed by atoms with van der Waals surface area (Å²) in [4.78, 5) is 27.1. The van der Waals surface area contributed by atoms with Crippen LogP contribution in [0.15, 0.2) is 54.1 Å². The molecule has 6 heteroatoms. The number of hydrogen-bond acceptors (Lipinski definition) is 4. The van der Waals surface area contributed by atoms with E-state index in [-0.39, 0.29) is 17.4 Å². The minimum Gasteiger partial charge on any atom is -0.507 e. The number of amides is 1. The minimum absolute atomic E-state index is 0.0127. The van der Waals surface area contributed by atoms with Gasteiger partial charge in [-0.3, -0.25) is 9.59 Å². The molecule has 1 fully saturated rings. The Hall–Kier alpha value is -2.79. The zero-order valence-electron chi connectivity index (χ0n) is 16.7. The van der Waals surface area contributed by atoms with Gasteiger partial charge >= 0.3 is 0 Å². The Morgan fingerprint density at radius 1 is 1.17 bits per heavy atom. The first kappa shape index (κ1) is 20.9. The normalized spacial score (nSPS) is 18.5. The second kappa shape index (κ2) is 8.70. The van der Waals surface area contributed by atoms with Gasteiger partial charge in [0.05, 0.1) is 17.7 Å². The summed E-state index contributed by atoms with van der Waals surface area (Å²) in [6, 6.07) is 13.1. The molecule has 29 heavy (non-hydrogen) atoms. The summed E-state index contributed by atoms with van der Waals surface area (Å²) < 4.78 is 5.78. The number of Topliss-reactive ketones (excluding diaryl/α,β-unsaturated/α-hetero) is 1. The number of rotatable bonds is 6. The molecule has 1 saturated heterocycles. The molecule has 2 aromatic carbocycles. The van der Waals surface area contributed by atoms with E-state index in [1.54, 1.807) is 24.3 Å². The second-order valence-corrected chi connectivity index (χ2v) is 7.67. The molecule has 3 rings (SSSR count). The summed E-state index contributed by atoms with van der Waals surface area (Å²) in [5.41, 5.74) is 1.22. The van der Waals surface area contributed by atoms with E-state index in [0.29, 0.717) is 34.9 Å². The number of carbonyl (C=O) groups excluding carboxylic acids is 2. The Balaban J connectivity index is 2.15. The van der Waals surface area contributed by atoms with Crippen molar-refractivity contribution in [2.24, 2.45) is 0 Å². The highest BCUT2D eigenvalue weighted by atomic mass is 35.5. The molecule has 5 nitrogen and oxygen atoms in total. The average Bonchev–Trinajstić information content (AvgIpc) is 2.93. The predicted octanol–water partition coefficient (Wildman–Crippen LogP) is 4.96. The van der Waals surface area contributed by atoms with Gasteiger partial charge in [-0.05, 0) is 62.2 Å². The van der Waals surface area contributed by atoms with Crippen molar-refractivity contribution in [1.82, 2.24) is 4.90 Å². The summed E-state index contributed by atoms with van der Waals surface area (Å²) in [6.45, 7) is 6.20. The molecular weight excluding hydrogens is 390 g/mol. The molecular formula is C23H24ClNO4. The van der Waals surface area contributed by atoms with Crippen molar-refractivity contribution in [3.63, 3.8) is 0 Å². The number of carbonyl (C=O) groups is 2. The molecule has 1 aliphatic rings. The Morgan fingerprint density at radius 2 is 1.86 bits per heavy atom. The van der Waals surface area contributed by atoms with Gasteiger partial charge in [-0.25, -0.2) is 0 Å². The van der Waals surface area contributed by atoms with Crippen molar-refractivity contribution < 1.29 is 19.4 Å². The molecule has 152 valence electrons. The molecule has 0 bridgehead atoms. The molecule has 1 amide bonds. The summed E-state index contributed by atoms with van der Waals surface area (Å²) in [5, 5.41) is 11.5. The van der Waals surface area contributed by atoms with Crippen LogP contribution in [0.2, 0.25) is 5.02 Å². The zero-order valence-corrected chi connectivity index (χ0v) is 17.4. The van der Waals surface area contributed by atoms with E-state index < -0.39 is 17.7 Å². The van der Waals surface area contributed by atoms with Crippen molar-refractivity contribution in [2.45, 2.75) is 39.3 Å². The van der Waals surface area contributed by atoms with E-state index in [4.69, 9.17) is 16.3 Å². The predicted molar refractivity (Wildman–Crippen MR) is 113 cm³/mol. The molecule has 1 heterocycles. The number of ether oxygens (including phenoxy) is 1. The monoisotopic (exact) mass is 413 g/mol. The lowest BCUT2D eigenvalue weighted by Gasteiger charge is -2.25. The molecule has 1 atom stereocenters. The van der Waals surface area contributed by atoms with E-state index >= 15 is 0 Å². The van der Waals surface area contributed by atoms with Gasteiger partial charge in [0, 0.05) is 17.1 Å². The van der Waals surface area contributed by atoms with Crippen LogP contribution >= 0.6 is 11.6 Å². The summed E-state index contributed by atoms with van der Waals surface area (Å²) >= 11 is 5.93. The van der Waals surface area contributed by atoms with Crippen LogP contribution in [-0.4, -0.2) is 34.3 Å². The quantitative estimate of drug-likeness (QED) is 0.413. The molecule has 0 aromatic heterocycles. The summed E-state index contributed by atoms with van der Waals surface area (Å²) in [6.07, 6.45) is 0.675. The van der Waals surface area contributed by atoms with Crippen molar-refractivity contribution in [1.29, 1.82) is 0 Å². The molecule has 2 aromatic rings. The first-order chi connectivity index (χ1) is 13.8. The molecule has 0 saturated carbocycles. The number of aliphatic hydroxyl groups is 1. The second-order valence-electron chi connectivity index (χ2n) is 7.24. The van der Waals surface area contributed by atoms with Crippen LogP contribution in [0.4, 0.5) is 0 Å². The van der Waals surface area contributed by atoms with Crippen LogP contribution in [-0.2, 0) is 9.59 Å². The van der Waals surface area contributed by atoms with Crippen LogP contribution < -0.4 is 4.74 Å². The van der Waals surface area contributed by atoms with Gasteiger partial charge in [0.25, 0.3) is 11.7 Å². The lowest BCUT2D eigenvalue weighted by Crippen LogP contribution is -2.30. The van der Waals surface area contributed by atoms with Crippen LogP contribution in [0.3, 0.4) is 0 Å². The minimum atomic E-state index is -0.689. The number of benzene rings is 2. The fourth-order valence-corrected chi connectivity index (χ4v) is 3.62. The summed E-state index contributed by atoms with van der Waals surface area (Å²) in [5.74, 6) is -0.862. The Labute approximate surface area is 175 Å². The van der Waals surface area contributed by atoms with Crippen molar-refractivity contribution in [3.05, 3.63) is 70.3 Å². The Bertz CT molecular complexity index is 950. The number of hydrogen-bond donors (Lipinski definition) is 1. The number of ketones is 1. The topological polar surface area (TPSA) is 66.8 Å². The van der Waals surface area contributed by atoms with Gasteiger partial charge in [0.2, 0.25) is 0 Å². The third-order valence-electron chi connectivity index (χ3n) is 4.67. The van der Waals surface area contributed by atoms with Crippen LogP contribution in [0.25, 0.3) is 5.76 Å². The molecule has 1 unspecified atom stereocenters. The van der Waals surface area contributed by atoms with Crippen LogP contribution in [0, 0.1) is 0 Å². The van der Waals surface area contributed by atoms with E-state index in [2.05, 4.69) is 0 Å². The van der Waals surface area contributed by atoms with Crippen molar-refractivity contribution >= 4 is 29.1 Å². The zero-order chi connectivity index (χ0) is 21.1. The maximum Gasteiger partial charge on any atom is 0.295 e. The fraction of sp³-hybridized carbons (Fsp3) is 0.304. The molecule has 0 radical (unpaired) electrons. The van der Waals surface area contributed by atoms with Crippen LogP contribution in [0.5, 0.6) is 5.75 Å². The standard InChI is InChI=1S/C23H24ClNO4/c1-4-12-25-20(16-6-5-7-18(13-16)29-14(2)3)19(22(27)23(25)28)21(26)15-8-10-17(24)11-9-15/h5-11,13-14,20,26H,4,12H2,1-3H3/b21-19-. The van der Waals surface area contributed by atoms with E-state index in [1.807, 2.05) is 45.0 Å². The third kappa shape index (κ3) is 4.30. The smallest absolute Gasteiger partial charge is 0.295 e. The van der Waals surface area contributed by atoms with Gasteiger partial charge < -0.3 is 14.7 Å². The molecule has 0 spiro atoms. The van der Waals surface area contributed by atoms with Crippen molar-refractivity contribution in [2.75, 3.05) is 6.54 Å². The summed E-state index contributed by atoms with van der Waals surface area (Å²) in [7, 11) is 0. The maximum absolute atomic E-state index is 12.9. The maximum atomic E-state index is 12.9. The largest absolute Gasteiger partial charge is 0.507 e. The lowest BCUT2D eigenvalue weighted by atomic mass is 9.95. The van der Waals surface area contributed by atoms with Gasteiger partial charge in [0.1, 0.15) is 11.5 Å². The van der Waals surface area contributed by atoms with Gasteiger partial charge in [0.15, 0.2) is 0 Å². The number of aliphatic hydroxyl groups excluding tert-OH is 1. The first-order valence-corrected chi connectivity index (χ1v) is 10.0. The highest BCUT2D eigenvalue weighted by molar-refractivity contribution is 6.46. The third-order valence-corrected chi connectivity index (χ3v) is 4.92. The fourth-order valence-electron chi connectivity index (χ4n) is 3.49. The van der Waals surface area contributed by atoms with Crippen LogP contribution in [0.1, 0.15) is 44.4 Å². The number of nitrogens with zero attached hydrogens (tertiary/aromatic N) is 1. The van der Waals surface area contributed by atoms with Gasteiger partial charge in [-0.2, -0.15) is 0 Å². The molecule has 1 N–H and O–H groups in total. The van der Waals surface area contributed by atoms with E-state index in [1.165, 1.54) is 4.90 Å². The Morgan fingerprint density at radius 3 is 2.48 bits per heavy atom. The first-order valence-electron chi connectivity index (χ1n) is 9.64. The van der Waals surface area contributed by atoms with E-state index in [9.17, 15) is 14.7 Å². The highest BCUT2D eigenvalue weighted by Crippen LogP contribution is 2.40. The highest BCUT2D eigenvalue weighted by Gasteiger charge is 2.45. The average molecular weight is 414 g/mol. The van der Waals surface area contributed by atoms with E-state index in [0.717, 1.165) is 0 Å². The van der Waals surface area contributed by atoms with Gasteiger partial charge in [-0.15, -0.1) is 0 Å². The molecule has 1 aliphatic heterocycles.